The minimum atomic E-state index is -3.67. The number of sulfonamides is 1. The van der Waals surface area contributed by atoms with E-state index in [9.17, 15) is 13.2 Å². The second-order valence-corrected chi connectivity index (χ2v) is 9.49. The van der Waals surface area contributed by atoms with Crippen LogP contribution in [0.4, 0.5) is 0 Å². The Labute approximate surface area is 182 Å². The molecule has 0 aliphatic carbocycles. The largest absolute Gasteiger partial charge is 0.496 e. The van der Waals surface area contributed by atoms with Gasteiger partial charge in [0.15, 0.2) is 11.5 Å². The zero-order valence-corrected chi connectivity index (χ0v) is 18.2. The van der Waals surface area contributed by atoms with Crippen LogP contribution < -0.4 is 19.5 Å². The van der Waals surface area contributed by atoms with Crippen LogP contribution in [0.25, 0.3) is 0 Å². The summed E-state index contributed by atoms with van der Waals surface area (Å²) in [6.45, 7) is 1.43. The molecule has 2 heterocycles. The van der Waals surface area contributed by atoms with Gasteiger partial charge < -0.3 is 19.5 Å². The molecule has 2 aromatic carbocycles. The molecule has 1 N–H and O–H groups in total. The minimum Gasteiger partial charge on any atom is -0.496 e. The highest BCUT2D eigenvalue weighted by Gasteiger charge is 2.27. The van der Waals surface area contributed by atoms with Gasteiger partial charge in [-0.2, -0.15) is 4.31 Å². The van der Waals surface area contributed by atoms with Crippen molar-refractivity contribution in [1.82, 2.24) is 9.62 Å². The lowest BCUT2D eigenvalue weighted by atomic mass is 10.1. The molecule has 1 fully saturated rings. The molecule has 0 aromatic heterocycles. The van der Waals surface area contributed by atoms with Crippen molar-refractivity contribution in [3.8, 4) is 17.2 Å². The summed E-state index contributed by atoms with van der Waals surface area (Å²) in [6, 6.07) is 9.85. The fourth-order valence-corrected chi connectivity index (χ4v) is 5.33. The van der Waals surface area contributed by atoms with Crippen molar-refractivity contribution >= 4 is 15.9 Å². The molecule has 0 saturated carbocycles. The van der Waals surface area contributed by atoms with Crippen molar-refractivity contribution in [3.63, 3.8) is 0 Å². The van der Waals surface area contributed by atoms with Crippen LogP contribution in [0.2, 0.25) is 0 Å². The molecular weight excluding hydrogens is 420 g/mol. The molecule has 0 radical (unpaired) electrons. The third kappa shape index (κ3) is 4.62. The van der Waals surface area contributed by atoms with Gasteiger partial charge in [0.1, 0.15) is 5.75 Å². The lowest BCUT2D eigenvalue weighted by molar-refractivity contribution is 0.0947. The van der Waals surface area contributed by atoms with E-state index in [1.807, 2.05) is 6.07 Å². The predicted octanol–water partition coefficient (Wildman–Crippen LogP) is 2.92. The Kier molecular flexibility index (Phi) is 6.33. The number of methoxy groups -OCH3 is 1. The Morgan fingerprint density at radius 1 is 1.03 bits per heavy atom. The molecule has 0 atom stereocenters. The summed E-state index contributed by atoms with van der Waals surface area (Å²) in [4.78, 5) is 13.0. The summed E-state index contributed by atoms with van der Waals surface area (Å²) in [6.07, 6.45) is 3.75. The van der Waals surface area contributed by atoms with Gasteiger partial charge in [0, 0.05) is 19.6 Å². The van der Waals surface area contributed by atoms with Crippen LogP contribution >= 0.6 is 0 Å². The molecule has 1 amide bonds. The molecule has 166 valence electrons. The fraction of sp³-hybridized carbons (Fsp3) is 0.409. The average molecular weight is 447 g/mol. The van der Waals surface area contributed by atoms with Crippen LogP contribution in [0.15, 0.2) is 41.3 Å². The third-order valence-corrected chi connectivity index (χ3v) is 7.40. The first kappa shape index (κ1) is 21.5. The van der Waals surface area contributed by atoms with Gasteiger partial charge in [-0.3, -0.25) is 4.79 Å². The van der Waals surface area contributed by atoms with E-state index >= 15 is 0 Å². The van der Waals surface area contributed by atoms with Crippen LogP contribution in [-0.2, 0) is 16.6 Å². The Morgan fingerprint density at radius 2 is 1.77 bits per heavy atom. The van der Waals surface area contributed by atoms with Crippen LogP contribution in [-0.4, -0.2) is 45.6 Å². The molecule has 0 bridgehead atoms. The van der Waals surface area contributed by atoms with Crippen LogP contribution in [0, 0.1) is 0 Å². The van der Waals surface area contributed by atoms with E-state index in [1.54, 1.807) is 12.1 Å². The maximum Gasteiger partial charge on any atom is 0.255 e. The Hall–Kier alpha value is -2.78. The van der Waals surface area contributed by atoms with E-state index in [2.05, 4.69) is 5.32 Å². The number of fused-ring (bicyclic) bond motifs is 1. The van der Waals surface area contributed by atoms with Crippen molar-refractivity contribution in [3.05, 3.63) is 47.5 Å². The quantitative estimate of drug-likeness (QED) is 0.733. The lowest BCUT2D eigenvalue weighted by Gasteiger charge is -2.20. The Balaban J connectivity index is 1.53. The van der Waals surface area contributed by atoms with Gasteiger partial charge in [0.05, 0.1) is 17.6 Å². The molecule has 2 aromatic rings. The molecule has 4 rings (SSSR count). The van der Waals surface area contributed by atoms with Gasteiger partial charge in [-0.25, -0.2) is 8.42 Å². The van der Waals surface area contributed by atoms with Crippen molar-refractivity contribution in [2.45, 2.75) is 37.1 Å². The number of rotatable bonds is 6. The van der Waals surface area contributed by atoms with Gasteiger partial charge in [-0.05, 0) is 48.7 Å². The predicted molar refractivity (Wildman–Crippen MR) is 114 cm³/mol. The van der Waals surface area contributed by atoms with Crippen molar-refractivity contribution in [1.29, 1.82) is 0 Å². The Bertz CT molecular complexity index is 1060. The maximum atomic E-state index is 13.1. The summed E-state index contributed by atoms with van der Waals surface area (Å²) in [5.74, 6) is 1.21. The number of carbonyl (C=O) groups is 1. The topological polar surface area (TPSA) is 94.2 Å². The van der Waals surface area contributed by atoms with E-state index in [1.165, 1.54) is 29.6 Å². The summed E-state index contributed by atoms with van der Waals surface area (Å²) < 4.78 is 43.7. The first-order valence-corrected chi connectivity index (χ1v) is 11.8. The van der Waals surface area contributed by atoms with Crippen LogP contribution in [0.3, 0.4) is 0 Å². The third-order valence-electron chi connectivity index (χ3n) is 5.51. The fourth-order valence-electron chi connectivity index (χ4n) is 3.78. The van der Waals surface area contributed by atoms with Gasteiger partial charge in [-0.15, -0.1) is 0 Å². The van der Waals surface area contributed by atoms with Gasteiger partial charge in [0.2, 0.25) is 16.8 Å². The highest BCUT2D eigenvalue weighted by molar-refractivity contribution is 7.89. The zero-order chi connectivity index (χ0) is 21.8. The summed E-state index contributed by atoms with van der Waals surface area (Å²) in [5, 5.41) is 2.83. The second-order valence-electron chi connectivity index (χ2n) is 7.55. The van der Waals surface area contributed by atoms with Crippen LogP contribution in [0.1, 0.15) is 41.6 Å². The number of hydrogen-bond acceptors (Lipinski definition) is 6. The molecular formula is C22H26N2O6S. The number of nitrogens with one attached hydrogen (secondary N) is 1. The van der Waals surface area contributed by atoms with Crippen molar-refractivity contribution in [2.24, 2.45) is 0 Å². The van der Waals surface area contributed by atoms with Crippen molar-refractivity contribution < 1.29 is 27.4 Å². The molecule has 31 heavy (non-hydrogen) atoms. The number of hydrogen-bond donors (Lipinski definition) is 1. The monoisotopic (exact) mass is 446 g/mol. The summed E-state index contributed by atoms with van der Waals surface area (Å²) >= 11 is 0. The first-order chi connectivity index (χ1) is 15.0. The molecule has 8 nitrogen and oxygen atoms in total. The average Bonchev–Trinajstić information content (AvgIpc) is 3.07. The van der Waals surface area contributed by atoms with E-state index in [4.69, 9.17) is 14.2 Å². The summed E-state index contributed by atoms with van der Waals surface area (Å²) in [7, 11) is -2.22. The molecule has 2 aliphatic heterocycles. The lowest BCUT2D eigenvalue weighted by Crippen LogP contribution is -2.32. The van der Waals surface area contributed by atoms with E-state index in [0.29, 0.717) is 30.3 Å². The number of ether oxygens (including phenoxy) is 3. The minimum absolute atomic E-state index is 0.100. The molecule has 9 heteroatoms. The molecule has 2 aliphatic rings. The van der Waals surface area contributed by atoms with E-state index < -0.39 is 15.9 Å². The summed E-state index contributed by atoms with van der Waals surface area (Å²) in [5.41, 5.74) is 1.02. The number of carbonyl (C=O) groups excluding carboxylic acids is 1. The van der Waals surface area contributed by atoms with Crippen LogP contribution in [0.5, 0.6) is 17.2 Å². The van der Waals surface area contributed by atoms with E-state index in [-0.39, 0.29) is 23.8 Å². The maximum absolute atomic E-state index is 13.1. The van der Waals surface area contributed by atoms with Gasteiger partial charge in [-0.1, -0.05) is 18.9 Å². The second kappa shape index (κ2) is 9.15. The SMILES string of the molecule is COc1ccc(S(=O)(=O)N2CCCCCC2)cc1C(=O)NCc1ccc2c(c1)OCO2. The molecule has 0 spiro atoms. The number of benzene rings is 2. The highest BCUT2D eigenvalue weighted by atomic mass is 32.2. The number of amides is 1. The van der Waals surface area contributed by atoms with E-state index in [0.717, 1.165) is 31.2 Å². The standard InChI is InChI=1S/C22H26N2O6S/c1-28-19-9-7-17(31(26,27)24-10-4-2-3-5-11-24)13-18(19)22(25)23-14-16-6-8-20-21(12-16)30-15-29-20/h6-9,12-13H,2-5,10-11,14-15H2,1H3,(H,23,25). The van der Waals surface area contributed by atoms with Crippen molar-refractivity contribution in [2.75, 3.05) is 27.0 Å². The molecule has 0 unspecified atom stereocenters. The smallest absolute Gasteiger partial charge is 0.255 e. The normalized spacial score (nSPS) is 16.5. The Morgan fingerprint density at radius 3 is 2.52 bits per heavy atom. The zero-order valence-electron chi connectivity index (χ0n) is 17.4. The highest BCUT2D eigenvalue weighted by Crippen LogP contribution is 2.32. The molecule has 1 saturated heterocycles. The first-order valence-electron chi connectivity index (χ1n) is 10.3. The number of nitrogens with zero attached hydrogens (tertiary/aromatic N) is 1. The van der Waals surface area contributed by atoms with Gasteiger partial charge in [0.25, 0.3) is 5.91 Å². The van der Waals surface area contributed by atoms with Gasteiger partial charge >= 0.3 is 0 Å².